The highest BCUT2D eigenvalue weighted by atomic mass is 35.5. The van der Waals surface area contributed by atoms with Gasteiger partial charge in [-0.05, 0) is 49.4 Å². The Bertz CT molecular complexity index is 1080. The molecule has 31 heavy (non-hydrogen) atoms. The number of fused-ring (bicyclic) bond motifs is 2. The maximum atomic E-state index is 12.5. The lowest BCUT2D eigenvalue weighted by molar-refractivity contribution is -0.152. The van der Waals surface area contributed by atoms with Crippen molar-refractivity contribution >= 4 is 52.3 Å². The van der Waals surface area contributed by atoms with E-state index in [1.54, 1.807) is 43.0 Å². The van der Waals surface area contributed by atoms with Gasteiger partial charge in [0.05, 0.1) is 17.8 Å². The van der Waals surface area contributed by atoms with Gasteiger partial charge in [0.15, 0.2) is 6.10 Å². The summed E-state index contributed by atoms with van der Waals surface area (Å²) in [5, 5.41) is 3.22. The predicted octanol–water partition coefficient (Wildman–Crippen LogP) is 5.90. The van der Waals surface area contributed by atoms with Gasteiger partial charge in [-0.15, -0.1) is 0 Å². The summed E-state index contributed by atoms with van der Waals surface area (Å²) in [5.74, 6) is -0.831. The first-order chi connectivity index (χ1) is 15.0. The van der Waals surface area contributed by atoms with Crippen molar-refractivity contribution in [2.75, 3.05) is 16.8 Å². The third kappa shape index (κ3) is 5.03. The molecule has 0 saturated carbocycles. The minimum atomic E-state index is -0.914. The molecule has 0 aromatic heterocycles. The van der Waals surface area contributed by atoms with Gasteiger partial charge in [0.1, 0.15) is 0 Å². The fourth-order valence-corrected chi connectivity index (χ4v) is 4.63. The molecule has 1 N–H and O–H groups in total. The molecule has 0 saturated heterocycles. The molecule has 0 bridgehead atoms. The molecule has 1 aliphatic heterocycles. The van der Waals surface area contributed by atoms with Gasteiger partial charge in [-0.2, -0.15) is 0 Å². The van der Waals surface area contributed by atoms with Gasteiger partial charge in [0.25, 0.3) is 5.91 Å². The van der Waals surface area contributed by atoms with E-state index < -0.39 is 18.0 Å². The highest BCUT2D eigenvalue weighted by Gasteiger charge is 2.24. The van der Waals surface area contributed by atoms with E-state index in [-0.39, 0.29) is 6.42 Å². The van der Waals surface area contributed by atoms with Crippen molar-refractivity contribution in [1.29, 1.82) is 0 Å². The largest absolute Gasteiger partial charge is 0.452 e. The number of halogens is 1. The first-order valence-corrected chi connectivity index (χ1v) is 11.1. The van der Waals surface area contributed by atoms with Crippen LogP contribution < -0.4 is 10.2 Å². The second kappa shape index (κ2) is 9.45. The first-order valence-electron chi connectivity index (χ1n) is 9.90. The van der Waals surface area contributed by atoms with Crippen LogP contribution in [0.4, 0.5) is 17.1 Å². The monoisotopic (exact) mass is 452 g/mol. The molecule has 0 spiro atoms. The van der Waals surface area contributed by atoms with Crippen LogP contribution in [0, 0.1) is 0 Å². The topological polar surface area (TPSA) is 58.6 Å². The standard InChI is InChI=1S/C24H21ClN2O3S/c1-16(24(29)26-18-8-6-7-17(25)15-18)30-23(28)13-14-27-19-9-2-4-11-21(19)31-22-12-5-3-10-20(22)27/h2-12,15-16H,13-14H2,1H3,(H,26,29). The van der Waals surface area contributed by atoms with E-state index in [0.717, 1.165) is 21.2 Å². The molecule has 158 valence electrons. The summed E-state index contributed by atoms with van der Waals surface area (Å²) in [6.07, 6.45) is -0.759. The highest BCUT2D eigenvalue weighted by Crippen LogP contribution is 2.47. The molecule has 0 radical (unpaired) electrons. The molecule has 1 amide bonds. The number of nitrogens with zero attached hydrogens (tertiary/aromatic N) is 1. The summed E-state index contributed by atoms with van der Waals surface area (Å²) in [5.41, 5.74) is 2.68. The zero-order valence-corrected chi connectivity index (χ0v) is 18.5. The van der Waals surface area contributed by atoms with Crippen molar-refractivity contribution in [2.45, 2.75) is 29.2 Å². The summed E-state index contributed by atoms with van der Waals surface area (Å²) >= 11 is 7.65. The predicted molar refractivity (Wildman–Crippen MR) is 124 cm³/mol. The number of carbonyl (C=O) groups excluding carboxylic acids is 2. The Labute approximate surface area is 190 Å². The van der Waals surface area contributed by atoms with Crippen LogP contribution in [0.15, 0.2) is 82.6 Å². The molecule has 1 unspecified atom stereocenters. The number of hydrogen-bond donors (Lipinski definition) is 1. The van der Waals surface area contributed by atoms with Crippen LogP contribution in [0.1, 0.15) is 13.3 Å². The quantitative estimate of drug-likeness (QED) is 0.471. The number of nitrogens with one attached hydrogen (secondary N) is 1. The van der Waals surface area contributed by atoms with Crippen molar-refractivity contribution in [3.8, 4) is 0 Å². The van der Waals surface area contributed by atoms with Crippen LogP contribution >= 0.6 is 23.4 Å². The summed E-state index contributed by atoms with van der Waals surface area (Å²) in [7, 11) is 0. The highest BCUT2D eigenvalue weighted by molar-refractivity contribution is 7.99. The average Bonchev–Trinajstić information content (AvgIpc) is 2.76. The van der Waals surface area contributed by atoms with Crippen molar-refractivity contribution in [3.63, 3.8) is 0 Å². The van der Waals surface area contributed by atoms with Crippen LogP contribution in [-0.4, -0.2) is 24.5 Å². The Balaban J connectivity index is 1.38. The number of hydrogen-bond acceptors (Lipinski definition) is 5. The third-order valence-electron chi connectivity index (χ3n) is 4.84. The molecule has 0 aliphatic carbocycles. The molecule has 1 aliphatic rings. The minimum absolute atomic E-state index is 0.155. The van der Waals surface area contributed by atoms with E-state index in [2.05, 4.69) is 22.3 Å². The second-order valence-corrected chi connectivity index (χ2v) is 8.59. The Hall–Kier alpha value is -2.96. The molecule has 1 heterocycles. The number of anilines is 3. The number of carbonyl (C=O) groups is 2. The molecular weight excluding hydrogens is 432 g/mol. The molecule has 3 aromatic rings. The number of esters is 1. The second-order valence-electron chi connectivity index (χ2n) is 7.07. The molecule has 4 rings (SSSR count). The van der Waals surface area contributed by atoms with Crippen LogP contribution in [-0.2, 0) is 14.3 Å². The van der Waals surface area contributed by atoms with Gasteiger partial charge in [0.2, 0.25) is 0 Å². The summed E-state index contributed by atoms with van der Waals surface area (Å²) < 4.78 is 5.37. The lowest BCUT2D eigenvalue weighted by atomic mass is 10.2. The smallest absolute Gasteiger partial charge is 0.308 e. The molecule has 0 fully saturated rings. The van der Waals surface area contributed by atoms with E-state index >= 15 is 0 Å². The molecule has 7 heteroatoms. The Kier molecular flexibility index (Phi) is 6.49. The normalized spacial score (nSPS) is 13.0. The summed E-state index contributed by atoms with van der Waals surface area (Å²) in [6, 6.07) is 23.0. The van der Waals surface area contributed by atoms with Crippen molar-refractivity contribution in [1.82, 2.24) is 0 Å². The maximum absolute atomic E-state index is 12.5. The van der Waals surface area contributed by atoms with E-state index in [1.807, 2.05) is 36.4 Å². The Morgan fingerprint density at radius 2 is 1.65 bits per heavy atom. The average molecular weight is 453 g/mol. The van der Waals surface area contributed by atoms with Gasteiger partial charge in [0, 0.05) is 27.0 Å². The van der Waals surface area contributed by atoms with Gasteiger partial charge in [-0.3, -0.25) is 9.59 Å². The Morgan fingerprint density at radius 1 is 1.00 bits per heavy atom. The summed E-state index contributed by atoms with van der Waals surface area (Å²) in [6.45, 7) is 2.01. The molecular formula is C24H21ClN2O3S. The van der Waals surface area contributed by atoms with Crippen molar-refractivity contribution in [3.05, 3.63) is 77.8 Å². The number of para-hydroxylation sites is 2. The number of benzene rings is 3. The van der Waals surface area contributed by atoms with Gasteiger partial charge in [-0.1, -0.05) is 53.7 Å². The first kappa shape index (κ1) is 21.3. The molecule has 1 atom stereocenters. The lowest BCUT2D eigenvalue weighted by Crippen LogP contribution is -2.31. The van der Waals surface area contributed by atoms with E-state index in [1.165, 1.54) is 0 Å². The Morgan fingerprint density at radius 3 is 2.29 bits per heavy atom. The van der Waals surface area contributed by atoms with Crippen molar-refractivity contribution < 1.29 is 14.3 Å². The fraction of sp³-hybridized carbons (Fsp3) is 0.167. The maximum Gasteiger partial charge on any atom is 0.308 e. The molecule has 3 aromatic carbocycles. The summed E-state index contributed by atoms with van der Waals surface area (Å²) in [4.78, 5) is 29.2. The lowest BCUT2D eigenvalue weighted by Gasteiger charge is -2.32. The van der Waals surface area contributed by atoms with Crippen LogP contribution in [0.2, 0.25) is 5.02 Å². The van der Waals surface area contributed by atoms with Crippen LogP contribution in [0.25, 0.3) is 0 Å². The van der Waals surface area contributed by atoms with E-state index in [4.69, 9.17) is 16.3 Å². The van der Waals surface area contributed by atoms with Gasteiger partial charge in [-0.25, -0.2) is 0 Å². The van der Waals surface area contributed by atoms with Crippen molar-refractivity contribution in [2.24, 2.45) is 0 Å². The third-order valence-corrected chi connectivity index (χ3v) is 6.21. The minimum Gasteiger partial charge on any atom is -0.452 e. The van der Waals surface area contributed by atoms with Crippen LogP contribution in [0.3, 0.4) is 0 Å². The fourth-order valence-electron chi connectivity index (χ4n) is 3.34. The van der Waals surface area contributed by atoms with Crippen LogP contribution in [0.5, 0.6) is 0 Å². The van der Waals surface area contributed by atoms with Gasteiger partial charge < -0.3 is 15.0 Å². The van der Waals surface area contributed by atoms with E-state index in [9.17, 15) is 9.59 Å². The number of rotatable bonds is 6. The zero-order chi connectivity index (χ0) is 21.8. The SMILES string of the molecule is CC(OC(=O)CCN1c2ccccc2Sc2ccccc21)C(=O)Nc1cccc(Cl)c1. The molecule has 5 nitrogen and oxygen atoms in total. The number of ether oxygens (including phenoxy) is 1. The van der Waals surface area contributed by atoms with Gasteiger partial charge >= 0.3 is 5.97 Å². The van der Waals surface area contributed by atoms with E-state index in [0.29, 0.717) is 17.3 Å². The number of amides is 1. The zero-order valence-electron chi connectivity index (χ0n) is 16.9.